The summed E-state index contributed by atoms with van der Waals surface area (Å²) < 4.78 is 5.58. The van der Waals surface area contributed by atoms with Crippen LogP contribution in [0.3, 0.4) is 0 Å². The van der Waals surface area contributed by atoms with Crippen LogP contribution in [0.25, 0.3) is 0 Å². The molecule has 2 saturated heterocycles. The predicted molar refractivity (Wildman–Crippen MR) is 97.1 cm³/mol. The van der Waals surface area contributed by atoms with Crippen LogP contribution in [0.4, 0.5) is 0 Å². The lowest BCUT2D eigenvalue weighted by molar-refractivity contribution is -0.130. The number of benzene rings is 1. The highest BCUT2D eigenvalue weighted by atomic mass is 16.3. The van der Waals surface area contributed by atoms with E-state index in [-0.39, 0.29) is 5.91 Å². The number of aryl methyl sites for hydroxylation is 2. The fourth-order valence-corrected chi connectivity index (χ4v) is 4.62. The van der Waals surface area contributed by atoms with Gasteiger partial charge in [0, 0.05) is 44.4 Å². The molecule has 4 nitrogen and oxygen atoms in total. The highest BCUT2D eigenvalue weighted by Crippen LogP contribution is 2.44. The molecule has 2 fully saturated rings. The summed E-state index contributed by atoms with van der Waals surface area (Å²) in [6.07, 6.45) is 1.23. The monoisotopic (exact) mass is 338 g/mol. The molecule has 2 aromatic rings. The molecule has 2 aliphatic heterocycles. The number of fused-ring (bicyclic) bond motifs is 1. The Bertz CT molecular complexity index is 739. The van der Waals surface area contributed by atoms with Crippen molar-refractivity contribution >= 4 is 5.91 Å². The quantitative estimate of drug-likeness (QED) is 0.858. The van der Waals surface area contributed by atoms with Crippen LogP contribution in [0, 0.1) is 18.8 Å². The van der Waals surface area contributed by atoms with Crippen molar-refractivity contribution in [1.82, 2.24) is 9.80 Å². The Kier molecular flexibility index (Phi) is 4.38. The third kappa shape index (κ3) is 3.23. The second-order valence-electron chi connectivity index (χ2n) is 7.53. The minimum Gasteiger partial charge on any atom is -0.466 e. The molecule has 1 aromatic carbocycles. The van der Waals surface area contributed by atoms with Crippen molar-refractivity contribution in [3.8, 4) is 0 Å². The van der Waals surface area contributed by atoms with Gasteiger partial charge < -0.3 is 9.32 Å². The topological polar surface area (TPSA) is 36.7 Å². The van der Waals surface area contributed by atoms with Gasteiger partial charge in [-0.2, -0.15) is 0 Å². The molecule has 0 spiro atoms. The molecule has 0 saturated carbocycles. The Morgan fingerprint density at radius 1 is 1.12 bits per heavy atom. The lowest BCUT2D eigenvalue weighted by Crippen LogP contribution is -2.33. The maximum absolute atomic E-state index is 12.7. The second kappa shape index (κ2) is 6.68. The van der Waals surface area contributed by atoms with Crippen molar-refractivity contribution in [2.24, 2.45) is 11.8 Å². The van der Waals surface area contributed by atoms with Crippen molar-refractivity contribution in [2.45, 2.75) is 25.8 Å². The van der Waals surface area contributed by atoms with Gasteiger partial charge in [-0.15, -0.1) is 0 Å². The average Bonchev–Trinajstić information content (AvgIpc) is 3.27. The number of likely N-dealkylation sites (tertiary alicyclic amines) is 2. The van der Waals surface area contributed by atoms with Crippen molar-refractivity contribution in [1.29, 1.82) is 0 Å². The summed E-state index contributed by atoms with van der Waals surface area (Å²) >= 11 is 0. The molecule has 25 heavy (non-hydrogen) atoms. The highest BCUT2D eigenvalue weighted by Gasteiger charge is 2.46. The Morgan fingerprint density at radius 2 is 1.92 bits per heavy atom. The van der Waals surface area contributed by atoms with Crippen LogP contribution in [-0.4, -0.2) is 42.4 Å². The highest BCUT2D eigenvalue weighted by molar-refractivity contribution is 5.76. The van der Waals surface area contributed by atoms with Crippen molar-refractivity contribution < 1.29 is 9.21 Å². The first-order valence-corrected chi connectivity index (χ1v) is 9.20. The molecule has 0 aliphatic carbocycles. The van der Waals surface area contributed by atoms with Crippen molar-refractivity contribution in [3.05, 3.63) is 59.5 Å². The van der Waals surface area contributed by atoms with Crippen molar-refractivity contribution in [3.63, 3.8) is 0 Å². The lowest BCUT2D eigenvalue weighted by Gasteiger charge is -2.27. The maximum Gasteiger partial charge on any atom is 0.223 e. The van der Waals surface area contributed by atoms with Crippen LogP contribution in [0.15, 0.2) is 46.9 Å². The van der Waals surface area contributed by atoms with Crippen LogP contribution < -0.4 is 0 Å². The lowest BCUT2D eigenvalue weighted by atomic mass is 9.90. The fraction of sp³-hybridized carbons (Fsp3) is 0.476. The molecule has 3 heterocycles. The number of furan rings is 1. The maximum atomic E-state index is 12.7. The average molecular weight is 338 g/mol. The van der Waals surface area contributed by atoms with E-state index >= 15 is 0 Å². The van der Waals surface area contributed by atoms with Crippen LogP contribution in [0.2, 0.25) is 0 Å². The fourth-order valence-electron chi connectivity index (χ4n) is 4.62. The molecule has 0 unspecified atom stereocenters. The normalized spacial score (nSPS) is 26.2. The van der Waals surface area contributed by atoms with E-state index in [2.05, 4.69) is 47.2 Å². The molecule has 4 rings (SSSR count). The molecule has 2 aliphatic rings. The summed E-state index contributed by atoms with van der Waals surface area (Å²) in [4.78, 5) is 17.2. The van der Waals surface area contributed by atoms with Gasteiger partial charge in [0.05, 0.1) is 0 Å². The first-order valence-electron chi connectivity index (χ1n) is 9.20. The molecule has 1 aromatic heterocycles. The zero-order chi connectivity index (χ0) is 17.4. The molecule has 132 valence electrons. The van der Waals surface area contributed by atoms with Crippen molar-refractivity contribution in [2.75, 3.05) is 26.7 Å². The summed E-state index contributed by atoms with van der Waals surface area (Å²) in [5.41, 5.74) is 1.37. The third-order valence-corrected chi connectivity index (χ3v) is 5.77. The number of hydrogen-bond acceptors (Lipinski definition) is 3. The molecule has 0 N–H and O–H groups in total. The SMILES string of the molecule is Cc1ccc(CCC(=O)N2C[C@@H]3CN(C)[C@@H](c4ccccc4)[C@H]3C2)o1. The largest absolute Gasteiger partial charge is 0.466 e. The zero-order valence-electron chi connectivity index (χ0n) is 15.0. The molecular weight excluding hydrogens is 312 g/mol. The number of amides is 1. The minimum absolute atomic E-state index is 0.262. The minimum atomic E-state index is 0.262. The number of nitrogens with zero attached hydrogens (tertiary/aromatic N) is 2. The number of carbonyl (C=O) groups is 1. The van der Waals surface area contributed by atoms with Gasteiger partial charge >= 0.3 is 0 Å². The van der Waals surface area contributed by atoms with E-state index in [1.165, 1.54) is 5.56 Å². The van der Waals surface area contributed by atoms with Gasteiger partial charge in [-0.05, 0) is 37.6 Å². The van der Waals surface area contributed by atoms with E-state index in [0.29, 0.717) is 30.7 Å². The van der Waals surface area contributed by atoms with Gasteiger partial charge in [0.15, 0.2) is 0 Å². The third-order valence-electron chi connectivity index (χ3n) is 5.77. The van der Waals surface area contributed by atoms with E-state index in [0.717, 1.165) is 31.2 Å². The van der Waals surface area contributed by atoms with E-state index < -0.39 is 0 Å². The summed E-state index contributed by atoms with van der Waals surface area (Å²) in [7, 11) is 2.21. The van der Waals surface area contributed by atoms with Gasteiger partial charge in [-0.3, -0.25) is 9.69 Å². The first kappa shape index (κ1) is 16.4. The summed E-state index contributed by atoms with van der Waals surface area (Å²) in [6, 6.07) is 15.1. The Labute approximate surface area is 149 Å². The van der Waals surface area contributed by atoms with E-state index in [1.807, 2.05) is 19.1 Å². The van der Waals surface area contributed by atoms with Crippen LogP contribution in [0.1, 0.15) is 29.5 Å². The van der Waals surface area contributed by atoms with Crippen LogP contribution in [-0.2, 0) is 11.2 Å². The second-order valence-corrected chi connectivity index (χ2v) is 7.53. The smallest absolute Gasteiger partial charge is 0.223 e. The molecule has 1 amide bonds. The van der Waals surface area contributed by atoms with Gasteiger partial charge in [0.2, 0.25) is 5.91 Å². The molecule has 0 bridgehead atoms. The molecule has 0 radical (unpaired) electrons. The zero-order valence-corrected chi connectivity index (χ0v) is 15.0. The number of carbonyl (C=O) groups excluding carboxylic acids is 1. The summed E-state index contributed by atoms with van der Waals surface area (Å²) in [5, 5.41) is 0. The standard InChI is InChI=1S/C21H26N2O2/c1-15-8-9-18(25-15)10-11-20(24)23-13-17-12-22(2)21(19(17)14-23)16-6-4-3-5-7-16/h3-9,17,19,21H,10-14H2,1-2H3/t17-,19-,21-/m0/s1. The molecule has 4 heteroatoms. The molecular formula is C21H26N2O2. The van der Waals surface area contributed by atoms with Gasteiger partial charge in [-0.1, -0.05) is 30.3 Å². The van der Waals surface area contributed by atoms with E-state index in [1.54, 1.807) is 0 Å². The van der Waals surface area contributed by atoms with Crippen LogP contribution >= 0.6 is 0 Å². The first-order chi connectivity index (χ1) is 12.1. The Hall–Kier alpha value is -2.07. The number of hydrogen-bond donors (Lipinski definition) is 0. The van der Waals surface area contributed by atoms with Crippen LogP contribution in [0.5, 0.6) is 0 Å². The van der Waals surface area contributed by atoms with Gasteiger partial charge in [0.1, 0.15) is 11.5 Å². The summed E-state index contributed by atoms with van der Waals surface area (Å²) in [6.45, 7) is 4.79. The predicted octanol–water partition coefficient (Wildman–Crippen LogP) is 3.28. The van der Waals surface area contributed by atoms with E-state index in [9.17, 15) is 4.79 Å². The van der Waals surface area contributed by atoms with Gasteiger partial charge in [0.25, 0.3) is 0 Å². The van der Waals surface area contributed by atoms with E-state index in [4.69, 9.17) is 4.42 Å². The Morgan fingerprint density at radius 3 is 2.64 bits per heavy atom. The molecule has 3 atom stereocenters. The summed E-state index contributed by atoms with van der Waals surface area (Å²) in [5.74, 6) is 3.21. The number of rotatable bonds is 4. The Balaban J connectivity index is 1.40. The van der Waals surface area contributed by atoms with Gasteiger partial charge in [-0.25, -0.2) is 0 Å².